The molecule has 0 amide bonds. The van der Waals surface area contributed by atoms with E-state index in [1.165, 1.54) is 0 Å². The molecule has 0 spiro atoms. The molecule has 1 saturated carbocycles. The predicted molar refractivity (Wildman–Crippen MR) is 29.3 cm³/mol. The van der Waals surface area contributed by atoms with Gasteiger partial charge in [0, 0.05) is 5.92 Å². The van der Waals surface area contributed by atoms with Crippen molar-refractivity contribution in [1.82, 2.24) is 0 Å². The van der Waals surface area contributed by atoms with Gasteiger partial charge in [-0.15, -0.1) is 0 Å². The first kappa shape index (κ1) is 6.93. The SMILES string of the molecule is CC[C@H]1[C@H](CO)C1(F)F. The topological polar surface area (TPSA) is 20.2 Å². The Morgan fingerprint density at radius 1 is 1.44 bits per heavy atom. The first-order chi connectivity index (χ1) is 4.14. The Kier molecular flexibility index (Phi) is 1.47. The van der Waals surface area contributed by atoms with Gasteiger partial charge in [0.05, 0.1) is 12.5 Å². The summed E-state index contributed by atoms with van der Waals surface area (Å²) in [6.45, 7) is 1.35. The lowest BCUT2D eigenvalue weighted by Gasteiger charge is -1.88. The molecule has 0 saturated heterocycles. The van der Waals surface area contributed by atoms with Crippen LogP contribution in [-0.4, -0.2) is 17.6 Å². The zero-order chi connectivity index (χ0) is 7.07. The monoisotopic (exact) mass is 136 g/mol. The summed E-state index contributed by atoms with van der Waals surface area (Å²) in [5, 5.41) is 8.36. The molecule has 0 heterocycles. The van der Waals surface area contributed by atoms with Crippen molar-refractivity contribution in [3.8, 4) is 0 Å². The third-order valence-electron chi connectivity index (χ3n) is 2.00. The van der Waals surface area contributed by atoms with E-state index in [-0.39, 0.29) is 6.61 Å². The van der Waals surface area contributed by atoms with Crippen LogP contribution in [0.25, 0.3) is 0 Å². The van der Waals surface area contributed by atoms with Gasteiger partial charge < -0.3 is 5.11 Å². The van der Waals surface area contributed by atoms with Crippen LogP contribution in [0.1, 0.15) is 13.3 Å². The van der Waals surface area contributed by atoms with E-state index in [4.69, 9.17) is 5.11 Å². The van der Waals surface area contributed by atoms with Crippen LogP contribution in [0.5, 0.6) is 0 Å². The van der Waals surface area contributed by atoms with Gasteiger partial charge in [0.15, 0.2) is 0 Å². The van der Waals surface area contributed by atoms with Crippen LogP contribution in [0, 0.1) is 11.8 Å². The van der Waals surface area contributed by atoms with Crippen molar-refractivity contribution < 1.29 is 13.9 Å². The van der Waals surface area contributed by atoms with Crippen molar-refractivity contribution in [2.45, 2.75) is 19.3 Å². The minimum absolute atomic E-state index is 0.370. The van der Waals surface area contributed by atoms with Crippen LogP contribution in [-0.2, 0) is 0 Å². The van der Waals surface area contributed by atoms with E-state index >= 15 is 0 Å². The molecule has 0 aromatic carbocycles. The molecule has 1 rings (SSSR count). The van der Waals surface area contributed by atoms with E-state index < -0.39 is 17.8 Å². The smallest absolute Gasteiger partial charge is 0.256 e. The fourth-order valence-electron chi connectivity index (χ4n) is 1.27. The molecule has 0 aromatic heterocycles. The highest BCUT2D eigenvalue weighted by atomic mass is 19.3. The molecule has 1 aliphatic rings. The quantitative estimate of drug-likeness (QED) is 0.606. The Balaban J connectivity index is 2.45. The molecule has 0 aromatic rings. The highest BCUT2D eigenvalue weighted by Crippen LogP contribution is 2.56. The summed E-state index contributed by atoms with van der Waals surface area (Å²) in [6.07, 6.45) is 0.470. The van der Waals surface area contributed by atoms with Gasteiger partial charge in [0.2, 0.25) is 0 Å². The second kappa shape index (κ2) is 1.90. The first-order valence-electron chi connectivity index (χ1n) is 3.13. The van der Waals surface area contributed by atoms with E-state index in [9.17, 15) is 8.78 Å². The molecule has 54 valence electrons. The van der Waals surface area contributed by atoms with Gasteiger partial charge in [-0.1, -0.05) is 6.92 Å². The summed E-state index contributed by atoms with van der Waals surface area (Å²) in [7, 11) is 0. The van der Waals surface area contributed by atoms with Gasteiger partial charge in [-0.25, -0.2) is 8.78 Å². The number of alkyl halides is 2. The Morgan fingerprint density at radius 2 is 2.00 bits per heavy atom. The van der Waals surface area contributed by atoms with Crippen molar-refractivity contribution >= 4 is 0 Å². The van der Waals surface area contributed by atoms with Gasteiger partial charge in [0.25, 0.3) is 5.92 Å². The molecule has 1 aliphatic carbocycles. The summed E-state index contributed by atoms with van der Waals surface area (Å²) in [4.78, 5) is 0. The first-order valence-corrected chi connectivity index (χ1v) is 3.13. The molecule has 0 unspecified atom stereocenters. The normalized spacial score (nSPS) is 38.7. The van der Waals surface area contributed by atoms with Crippen molar-refractivity contribution in [2.75, 3.05) is 6.61 Å². The Labute approximate surface area is 52.7 Å². The number of hydrogen-bond donors (Lipinski definition) is 1. The van der Waals surface area contributed by atoms with Crippen molar-refractivity contribution in [2.24, 2.45) is 11.8 Å². The maximum Gasteiger partial charge on any atom is 0.256 e. The van der Waals surface area contributed by atoms with Crippen molar-refractivity contribution in [1.29, 1.82) is 0 Å². The number of rotatable bonds is 2. The van der Waals surface area contributed by atoms with Gasteiger partial charge in [-0.2, -0.15) is 0 Å². The van der Waals surface area contributed by atoms with Crippen LogP contribution in [0.4, 0.5) is 8.78 Å². The molecule has 2 atom stereocenters. The van der Waals surface area contributed by atoms with Crippen LogP contribution < -0.4 is 0 Å². The maximum atomic E-state index is 12.3. The molecule has 0 bridgehead atoms. The second-order valence-electron chi connectivity index (χ2n) is 2.48. The third kappa shape index (κ3) is 0.834. The summed E-state index contributed by atoms with van der Waals surface area (Å²) >= 11 is 0. The molecular weight excluding hydrogens is 126 g/mol. The number of aliphatic hydroxyl groups excluding tert-OH is 1. The fourth-order valence-corrected chi connectivity index (χ4v) is 1.27. The van der Waals surface area contributed by atoms with Crippen LogP contribution in [0.15, 0.2) is 0 Å². The Hall–Kier alpha value is -0.180. The summed E-state index contributed by atoms with van der Waals surface area (Å²) in [5.74, 6) is -3.87. The van der Waals surface area contributed by atoms with Gasteiger partial charge in [-0.05, 0) is 6.42 Å². The molecule has 1 nitrogen and oxygen atoms in total. The number of aliphatic hydroxyl groups is 1. The van der Waals surface area contributed by atoms with Crippen molar-refractivity contribution in [3.05, 3.63) is 0 Å². The minimum atomic E-state index is -2.57. The highest BCUT2D eigenvalue weighted by Gasteiger charge is 2.66. The van der Waals surface area contributed by atoms with E-state index in [1.54, 1.807) is 6.92 Å². The average Bonchev–Trinajstić information content (AvgIpc) is 2.32. The summed E-state index contributed by atoms with van der Waals surface area (Å²) in [5.41, 5.74) is 0. The van der Waals surface area contributed by atoms with Crippen LogP contribution in [0.3, 0.4) is 0 Å². The Morgan fingerprint density at radius 3 is 2.11 bits per heavy atom. The lowest BCUT2D eigenvalue weighted by molar-refractivity contribution is 0.0717. The number of hydrogen-bond acceptors (Lipinski definition) is 1. The van der Waals surface area contributed by atoms with E-state index in [2.05, 4.69) is 0 Å². The molecule has 1 N–H and O–H groups in total. The summed E-state index contributed by atoms with van der Waals surface area (Å²) < 4.78 is 24.6. The van der Waals surface area contributed by atoms with E-state index in [0.29, 0.717) is 6.42 Å². The molecule has 3 heteroatoms. The Bertz CT molecular complexity index is 102. The minimum Gasteiger partial charge on any atom is -0.396 e. The molecular formula is C6H10F2O. The lowest BCUT2D eigenvalue weighted by atomic mass is 10.3. The summed E-state index contributed by atoms with van der Waals surface area (Å²) in [6, 6.07) is 0. The van der Waals surface area contributed by atoms with Crippen LogP contribution >= 0.6 is 0 Å². The predicted octanol–water partition coefficient (Wildman–Crippen LogP) is 1.27. The second-order valence-corrected chi connectivity index (χ2v) is 2.48. The van der Waals surface area contributed by atoms with Gasteiger partial charge in [-0.3, -0.25) is 0 Å². The standard InChI is InChI=1S/C6H10F2O/c1-2-4-5(3-9)6(4,7)8/h4-5,9H,2-3H2,1H3/t4-,5-/m0/s1. The van der Waals surface area contributed by atoms with E-state index in [0.717, 1.165) is 0 Å². The number of halogens is 2. The zero-order valence-corrected chi connectivity index (χ0v) is 5.27. The van der Waals surface area contributed by atoms with E-state index in [1.807, 2.05) is 0 Å². The molecule has 0 aliphatic heterocycles. The highest BCUT2D eigenvalue weighted by molar-refractivity contribution is 5.03. The third-order valence-corrected chi connectivity index (χ3v) is 2.00. The maximum absolute atomic E-state index is 12.3. The molecule has 0 radical (unpaired) electrons. The largest absolute Gasteiger partial charge is 0.396 e. The van der Waals surface area contributed by atoms with Crippen molar-refractivity contribution in [3.63, 3.8) is 0 Å². The van der Waals surface area contributed by atoms with Gasteiger partial charge >= 0.3 is 0 Å². The zero-order valence-electron chi connectivity index (χ0n) is 5.27. The molecule has 1 fully saturated rings. The molecule has 9 heavy (non-hydrogen) atoms. The lowest BCUT2D eigenvalue weighted by Crippen LogP contribution is -1.97. The van der Waals surface area contributed by atoms with Gasteiger partial charge in [0.1, 0.15) is 0 Å². The fraction of sp³-hybridized carbons (Fsp3) is 1.00. The van der Waals surface area contributed by atoms with Crippen LogP contribution in [0.2, 0.25) is 0 Å². The average molecular weight is 136 g/mol.